The number of benzene rings is 3. The fourth-order valence-corrected chi connectivity index (χ4v) is 6.85. The lowest BCUT2D eigenvalue weighted by Gasteiger charge is -2.35. The molecule has 0 aromatic heterocycles. The van der Waals surface area contributed by atoms with Gasteiger partial charge in [0.15, 0.2) is 11.5 Å². The lowest BCUT2D eigenvalue weighted by molar-refractivity contribution is -0.140. The third kappa shape index (κ3) is 8.33. The van der Waals surface area contributed by atoms with E-state index in [-0.39, 0.29) is 36.4 Å². The van der Waals surface area contributed by atoms with E-state index in [0.717, 1.165) is 42.0 Å². The molecule has 1 heterocycles. The number of nitrogens with one attached hydrogen (secondary N) is 1. The lowest BCUT2D eigenvalue weighted by Crippen LogP contribution is -2.55. The third-order valence-corrected chi connectivity index (χ3v) is 10.0. The van der Waals surface area contributed by atoms with Gasteiger partial charge < -0.3 is 19.7 Å². The number of ether oxygens (including phenoxy) is 2. The van der Waals surface area contributed by atoms with E-state index in [1.807, 2.05) is 30.3 Å². The predicted octanol–water partition coefficient (Wildman–Crippen LogP) is 4.84. The number of anilines is 1. The maximum Gasteiger partial charge on any atom is 0.244 e. The molecule has 1 saturated carbocycles. The number of amides is 2. The third-order valence-electron chi connectivity index (χ3n) is 8.28. The second-order valence-electron chi connectivity index (χ2n) is 11.4. The van der Waals surface area contributed by atoms with Crippen LogP contribution in [0, 0.1) is 5.82 Å². The number of carbonyl (C=O) groups is 2. The van der Waals surface area contributed by atoms with Gasteiger partial charge in [-0.1, -0.05) is 61.7 Å². The van der Waals surface area contributed by atoms with Gasteiger partial charge in [-0.15, -0.1) is 0 Å². The summed E-state index contributed by atoms with van der Waals surface area (Å²) in [7, 11) is -3.94. The highest BCUT2D eigenvalue weighted by Gasteiger charge is 2.35. The Kier molecular flexibility index (Phi) is 10.6. The fraction of sp³-hybridized carbons (Fsp3) is 0.412. The van der Waals surface area contributed by atoms with Crippen molar-refractivity contribution in [3.63, 3.8) is 0 Å². The summed E-state index contributed by atoms with van der Waals surface area (Å²) in [6.45, 7) is 1.65. The average molecular weight is 638 g/mol. The van der Waals surface area contributed by atoms with Crippen molar-refractivity contribution in [2.24, 2.45) is 0 Å². The van der Waals surface area contributed by atoms with Crippen LogP contribution in [0.25, 0.3) is 0 Å². The molecule has 1 aliphatic carbocycles. The molecule has 1 aliphatic heterocycles. The van der Waals surface area contributed by atoms with Crippen LogP contribution in [0.4, 0.5) is 10.1 Å². The van der Waals surface area contributed by atoms with Gasteiger partial charge in [-0.3, -0.25) is 13.9 Å². The molecule has 0 saturated heterocycles. The lowest BCUT2D eigenvalue weighted by atomic mass is 9.94. The quantitative estimate of drug-likeness (QED) is 0.305. The molecule has 1 N–H and O–H groups in total. The average Bonchev–Trinajstić information content (AvgIpc) is 3.06. The maximum absolute atomic E-state index is 14.4. The molecule has 9 nitrogen and oxygen atoms in total. The molecule has 1 atom stereocenters. The molecule has 5 rings (SSSR count). The van der Waals surface area contributed by atoms with Gasteiger partial charge in [0.05, 0.1) is 11.4 Å². The highest BCUT2D eigenvalue weighted by Crippen LogP contribution is 2.35. The van der Waals surface area contributed by atoms with Gasteiger partial charge in [0.2, 0.25) is 21.8 Å². The van der Waals surface area contributed by atoms with Gasteiger partial charge in [0, 0.05) is 25.1 Å². The summed E-state index contributed by atoms with van der Waals surface area (Å²) in [6, 6.07) is 18.9. The number of hydrogen-bond donors (Lipinski definition) is 1. The first-order valence-corrected chi connectivity index (χ1v) is 17.1. The van der Waals surface area contributed by atoms with Crippen LogP contribution in [-0.2, 0) is 32.6 Å². The number of fused-ring (bicyclic) bond motifs is 1. The largest absolute Gasteiger partial charge is 0.486 e. The van der Waals surface area contributed by atoms with Crippen LogP contribution >= 0.6 is 0 Å². The molecule has 3 aromatic carbocycles. The van der Waals surface area contributed by atoms with Crippen molar-refractivity contribution < 1.29 is 31.9 Å². The van der Waals surface area contributed by atoms with Crippen LogP contribution in [0.15, 0.2) is 72.8 Å². The summed E-state index contributed by atoms with van der Waals surface area (Å²) in [6.07, 6.45) is 5.11. The number of nitrogens with zero attached hydrogens (tertiary/aromatic N) is 2. The Balaban J connectivity index is 1.51. The van der Waals surface area contributed by atoms with Crippen LogP contribution in [0.2, 0.25) is 0 Å². The Hall–Kier alpha value is -4.12. The van der Waals surface area contributed by atoms with E-state index in [1.54, 1.807) is 30.3 Å². The maximum atomic E-state index is 14.4. The molecule has 11 heteroatoms. The Morgan fingerprint density at radius 1 is 0.911 bits per heavy atom. The summed E-state index contributed by atoms with van der Waals surface area (Å²) in [4.78, 5) is 29.9. The van der Waals surface area contributed by atoms with Crippen LogP contribution in [0.3, 0.4) is 0 Å². The molecule has 3 aromatic rings. The predicted molar refractivity (Wildman–Crippen MR) is 170 cm³/mol. The molecule has 1 fully saturated rings. The zero-order chi connectivity index (χ0) is 31.8. The second kappa shape index (κ2) is 14.8. The zero-order valence-electron chi connectivity index (χ0n) is 25.5. The van der Waals surface area contributed by atoms with Crippen LogP contribution in [0.5, 0.6) is 11.5 Å². The molecule has 2 amide bonds. The van der Waals surface area contributed by atoms with Crippen molar-refractivity contribution in [3.05, 3.63) is 89.7 Å². The van der Waals surface area contributed by atoms with Crippen molar-refractivity contribution in [1.29, 1.82) is 0 Å². The SMILES string of the molecule is CCS(=O)(=O)N(CC(=O)N(Cc1ccc(F)cc1)[C@H](Cc1ccccc1)C(=O)NC1CCCCC1)c1ccc2c(c1)OCCO2. The fourth-order valence-electron chi connectivity index (χ4n) is 5.79. The van der Waals surface area contributed by atoms with Gasteiger partial charge in [-0.05, 0) is 55.2 Å². The molecule has 0 radical (unpaired) electrons. The first-order valence-electron chi connectivity index (χ1n) is 15.5. The number of carbonyl (C=O) groups excluding carboxylic acids is 2. The van der Waals surface area contributed by atoms with Gasteiger partial charge >= 0.3 is 0 Å². The van der Waals surface area contributed by atoms with Crippen molar-refractivity contribution in [2.45, 2.75) is 64.1 Å². The van der Waals surface area contributed by atoms with E-state index in [1.165, 1.54) is 24.0 Å². The van der Waals surface area contributed by atoms with E-state index in [2.05, 4.69) is 5.32 Å². The molecular formula is C34H40FN3O6S. The minimum absolute atomic E-state index is 0.00183. The van der Waals surface area contributed by atoms with Gasteiger partial charge in [-0.25, -0.2) is 12.8 Å². The first kappa shape index (κ1) is 32.3. The van der Waals surface area contributed by atoms with E-state index >= 15 is 0 Å². The van der Waals surface area contributed by atoms with Gasteiger partial charge in [0.1, 0.15) is 31.6 Å². The molecule has 45 heavy (non-hydrogen) atoms. The summed E-state index contributed by atoms with van der Waals surface area (Å²) >= 11 is 0. The molecule has 240 valence electrons. The minimum Gasteiger partial charge on any atom is -0.486 e. The van der Waals surface area contributed by atoms with Crippen molar-refractivity contribution >= 4 is 27.5 Å². The number of sulfonamides is 1. The topological polar surface area (TPSA) is 105 Å². The number of hydrogen-bond acceptors (Lipinski definition) is 6. The van der Waals surface area contributed by atoms with Gasteiger partial charge in [0.25, 0.3) is 0 Å². The molecule has 0 unspecified atom stereocenters. The van der Waals surface area contributed by atoms with Crippen molar-refractivity contribution in [2.75, 3.05) is 29.8 Å². The van der Waals surface area contributed by atoms with E-state index in [9.17, 15) is 22.4 Å². The Labute approximate surface area is 264 Å². The highest BCUT2D eigenvalue weighted by molar-refractivity contribution is 7.92. The number of halogens is 1. The van der Waals surface area contributed by atoms with E-state index < -0.39 is 34.3 Å². The van der Waals surface area contributed by atoms with Crippen LogP contribution in [0.1, 0.15) is 50.2 Å². The Morgan fingerprint density at radius 3 is 2.29 bits per heavy atom. The molecular weight excluding hydrogens is 597 g/mol. The Morgan fingerprint density at radius 2 is 1.60 bits per heavy atom. The van der Waals surface area contributed by atoms with Crippen molar-refractivity contribution in [1.82, 2.24) is 10.2 Å². The Bertz CT molecular complexity index is 1560. The normalized spacial score (nSPS) is 15.6. The van der Waals surface area contributed by atoms with Gasteiger partial charge in [-0.2, -0.15) is 0 Å². The highest BCUT2D eigenvalue weighted by atomic mass is 32.2. The smallest absolute Gasteiger partial charge is 0.244 e. The summed E-state index contributed by atoms with van der Waals surface area (Å²) < 4.78 is 53.1. The number of rotatable bonds is 12. The van der Waals surface area contributed by atoms with Crippen LogP contribution < -0.4 is 19.1 Å². The zero-order valence-corrected chi connectivity index (χ0v) is 26.3. The summed E-state index contributed by atoms with van der Waals surface area (Å²) in [5, 5.41) is 3.17. The van der Waals surface area contributed by atoms with Crippen molar-refractivity contribution in [3.8, 4) is 11.5 Å². The van der Waals surface area contributed by atoms with E-state index in [4.69, 9.17) is 9.47 Å². The second-order valence-corrected chi connectivity index (χ2v) is 13.6. The monoisotopic (exact) mass is 637 g/mol. The standard InChI is InChI=1S/C34H40FN3O6S/c1-2-45(41,42)38(29-17-18-31-32(22-29)44-20-19-43-31)24-33(39)37(23-26-13-15-27(35)16-14-26)30(21-25-9-5-3-6-10-25)34(40)36-28-11-7-4-8-12-28/h3,5-6,9-10,13-18,22,28,30H,2,4,7-8,11-12,19-21,23-24H2,1H3,(H,36,40)/t30-/m1/s1. The molecule has 0 spiro atoms. The minimum atomic E-state index is -3.94. The van der Waals surface area contributed by atoms with E-state index in [0.29, 0.717) is 30.3 Å². The summed E-state index contributed by atoms with van der Waals surface area (Å²) in [5.41, 5.74) is 1.71. The molecule has 0 bridgehead atoms. The first-order chi connectivity index (χ1) is 21.7. The van der Waals surface area contributed by atoms with Crippen LogP contribution in [-0.4, -0.2) is 62.7 Å². The molecule has 2 aliphatic rings. The summed E-state index contributed by atoms with van der Waals surface area (Å²) in [5.74, 6) is -0.657.